The van der Waals surface area contributed by atoms with Crippen LogP contribution < -0.4 is 5.32 Å². The van der Waals surface area contributed by atoms with Crippen molar-refractivity contribution in [1.82, 2.24) is 14.3 Å². The third kappa shape index (κ3) is 3.92. The Morgan fingerprint density at radius 2 is 2.11 bits per heavy atom. The van der Waals surface area contributed by atoms with E-state index in [2.05, 4.69) is 47.5 Å². The standard InChI is InChI=1S/C13H24N4S/c1-9(2)7-11(17(3)4)8-14-13-15-12(16-18-13)10-5-6-10/h9-11H,5-8H2,1-4H3,(H,14,15,16). The van der Waals surface area contributed by atoms with Gasteiger partial charge in [-0.2, -0.15) is 4.37 Å². The van der Waals surface area contributed by atoms with E-state index >= 15 is 0 Å². The molecule has 1 saturated carbocycles. The van der Waals surface area contributed by atoms with Crippen LogP contribution in [0.5, 0.6) is 0 Å². The summed E-state index contributed by atoms with van der Waals surface area (Å²) in [5, 5.41) is 4.42. The number of nitrogens with one attached hydrogen (secondary N) is 1. The average molecular weight is 268 g/mol. The molecule has 0 radical (unpaired) electrons. The van der Waals surface area contributed by atoms with Crippen LogP contribution in [-0.2, 0) is 0 Å². The van der Waals surface area contributed by atoms with Crippen molar-refractivity contribution in [3.05, 3.63) is 5.82 Å². The van der Waals surface area contributed by atoms with E-state index < -0.39 is 0 Å². The molecule has 1 atom stereocenters. The molecule has 1 aliphatic rings. The summed E-state index contributed by atoms with van der Waals surface area (Å²) in [6.07, 6.45) is 3.74. The van der Waals surface area contributed by atoms with E-state index in [0.29, 0.717) is 12.0 Å². The summed E-state index contributed by atoms with van der Waals surface area (Å²) in [5.74, 6) is 2.42. The number of likely N-dealkylation sites (N-methyl/N-ethyl adjacent to an activating group) is 1. The molecule has 102 valence electrons. The smallest absolute Gasteiger partial charge is 0.202 e. The Kier molecular flexibility index (Phi) is 4.56. The Bertz CT molecular complexity index is 371. The van der Waals surface area contributed by atoms with Crippen molar-refractivity contribution in [3.8, 4) is 0 Å². The second-order valence-electron chi connectivity index (χ2n) is 5.86. The highest BCUT2D eigenvalue weighted by atomic mass is 32.1. The van der Waals surface area contributed by atoms with E-state index in [9.17, 15) is 0 Å². The monoisotopic (exact) mass is 268 g/mol. The zero-order chi connectivity index (χ0) is 13.1. The number of hydrogen-bond donors (Lipinski definition) is 1. The van der Waals surface area contributed by atoms with Crippen molar-refractivity contribution in [2.24, 2.45) is 5.92 Å². The number of hydrogen-bond acceptors (Lipinski definition) is 5. The molecule has 1 aliphatic carbocycles. The molecule has 18 heavy (non-hydrogen) atoms. The quantitative estimate of drug-likeness (QED) is 0.825. The second kappa shape index (κ2) is 5.97. The van der Waals surface area contributed by atoms with Crippen molar-refractivity contribution >= 4 is 16.7 Å². The molecule has 4 nitrogen and oxygen atoms in total. The highest BCUT2D eigenvalue weighted by molar-refractivity contribution is 7.09. The van der Waals surface area contributed by atoms with Crippen molar-refractivity contribution in [2.45, 2.75) is 45.1 Å². The third-order valence-corrected chi connectivity index (χ3v) is 4.03. The largest absolute Gasteiger partial charge is 0.359 e. The van der Waals surface area contributed by atoms with Crippen molar-refractivity contribution in [3.63, 3.8) is 0 Å². The second-order valence-corrected chi connectivity index (χ2v) is 6.61. The SMILES string of the molecule is CC(C)CC(CNc1nc(C2CC2)ns1)N(C)C. The lowest BCUT2D eigenvalue weighted by molar-refractivity contribution is 0.266. The van der Waals surface area contributed by atoms with Crippen LogP contribution in [-0.4, -0.2) is 40.9 Å². The molecule has 2 rings (SSSR count). The molecule has 0 amide bonds. The van der Waals surface area contributed by atoms with E-state index in [1.165, 1.54) is 30.8 Å². The van der Waals surface area contributed by atoms with Crippen LogP contribution in [0.15, 0.2) is 0 Å². The predicted octanol–water partition coefficient (Wildman–Crippen LogP) is 2.80. The van der Waals surface area contributed by atoms with Gasteiger partial charge in [-0.3, -0.25) is 0 Å². The lowest BCUT2D eigenvalue weighted by Gasteiger charge is -2.26. The van der Waals surface area contributed by atoms with E-state index in [1.54, 1.807) is 0 Å². The molecule has 0 saturated heterocycles. The normalized spacial score (nSPS) is 17.4. The lowest BCUT2D eigenvalue weighted by Crippen LogP contribution is -2.35. The van der Waals surface area contributed by atoms with Gasteiger partial charge in [-0.1, -0.05) is 13.8 Å². The summed E-state index contributed by atoms with van der Waals surface area (Å²) in [6.45, 7) is 5.49. The Morgan fingerprint density at radius 1 is 1.39 bits per heavy atom. The topological polar surface area (TPSA) is 41.1 Å². The summed E-state index contributed by atoms with van der Waals surface area (Å²) in [5.41, 5.74) is 0. The molecule has 1 N–H and O–H groups in total. The summed E-state index contributed by atoms with van der Waals surface area (Å²) in [7, 11) is 4.29. The first-order chi connectivity index (χ1) is 8.56. The summed E-state index contributed by atoms with van der Waals surface area (Å²) in [4.78, 5) is 6.85. The van der Waals surface area contributed by atoms with Gasteiger partial charge in [0.2, 0.25) is 5.13 Å². The number of nitrogens with zero attached hydrogens (tertiary/aromatic N) is 3. The lowest BCUT2D eigenvalue weighted by atomic mass is 10.0. The van der Waals surface area contributed by atoms with Gasteiger partial charge in [0.1, 0.15) is 5.82 Å². The summed E-state index contributed by atoms with van der Waals surface area (Å²) in [6, 6.07) is 0.554. The molecule has 1 aromatic heterocycles. The van der Waals surface area contributed by atoms with Gasteiger partial charge in [0.15, 0.2) is 0 Å². The predicted molar refractivity (Wildman–Crippen MR) is 77.3 cm³/mol. The van der Waals surface area contributed by atoms with Crippen LogP contribution in [0.3, 0.4) is 0 Å². The molecule has 0 aromatic carbocycles. The molecule has 1 fully saturated rings. The van der Waals surface area contributed by atoms with E-state index in [0.717, 1.165) is 23.4 Å². The van der Waals surface area contributed by atoms with Crippen LogP contribution in [0, 0.1) is 5.92 Å². The molecular formula is C13H24N4S. The molecular weight excluding hydrogens is 244 g/mol. The van der Waals surface area contributed by atoms with Gasteiger partial charge in [0.25, 0.3) is 0 Å². The Hall–Kier alpha value is -0.680. The van der Waals surface area contributed by atoms with Crippen molar-refractivity contribution < 1.29 is 0 Å². The van der Waals surface area contributed by atoms with Gasteiger partial charge in [-0.05, 0) is 39.3 Å². The maximum atomic E-state index is 4.56. The van der Waals surface area contributed by atoms with Gasteiger partial charge in [0.05, 0.1) is 0 Å². The minimum absolute atomic E-state index is 0.554. The van der Waals surface area contributed by atoms with E-state index in [1.807, 2.05) is 0 Å². The van der Waals surface area contributed by atoms with Gasteiger partial charge in [-0.25, -0.2) is 4.98 Å². The van der Waals surface area contributed by atoms with Gasteiger partial charge in [-0.15, -0.1) is 0 Å². The first-order valence-corrected chi connectivity index (χ1v) is 7.57. The zero-order valence-corrected chi connectivity index (χ0v) is 12.6. The Balaban J connectivity index is 1.83. The van der Waals surface area contributed by atoms with Gasteiger partial charge < -0.3 is 10.2 Å². The van der Waals surface area contributed by atoms with Crippen LogP contribution in [0.25, 0.3) is 0 Å². The highest BCUT2D eigenvalue weighted by Crippen LogP contribution is 2.39. The fourth-order valence-electron chi connectivity index (χ4n) is 2.04. The minimum atomic E-state index is 0.554. The summed E-state index contributed by atoms with van der Waals surface area (Å²) < 4.78 is 4.42. The number of anilines is 1. The maximum absolute atomic E-state index is 4.56. The highest BCUT2D eigenvalue weighted by Gasteiger charge is 2.27. The van der Waals surface area contributed by atoms with Crippen LogP contribution in [0.2, 0.25) is 0 Å². The first-order valence-electron chi connectivity index (χ1n) is 6.80. The number of rotatable bonds is 7. The van der Waals surface area contributed by atoms with Crippen molar-refractivity contribution in [2.75, 3.05) is 26.0 Å². The average Bonchev–Trinajstić information content (AvgIpc) is 3.04. The van der Waals surface area contributed by atoms with E-state index in [4.69, 9.17) is 0 Å². The van der Waals surface area contributed by atoms with Crippen molar-refractivity contribution in [1.29, 1.82) is 0 Å². The van der Waals surface area contributed by atoms with Gasteiger partial charge in [0, 0.05) is 30.0 Å². The molecule has 0 aliphatic heterocycles. The Morgan fingerprint density at radius 3 is 2.67 bits per heavy atom. The maximum Gasteiger partial charge on any atom is 0.202 e. The van der Waals surface area contributed by atoms with Gasteiger partial charge >= 0.3 is 0 Å². The zero-order valence-electron chi connectivity index (χ0n) is 11.8. The molecule has 1 aromatic rings. The molecule has 5 heteroatoms. The first kappa shape index (κ1) is 13.7. The minimum Gasteiger partial charge on any atom is -0.359 e. The molecule has 0 bridgehead atoms. The molecule has 0 spiro atoms. The number of aromatic nitrogens is 2. The summed E-state index contributed by atoms with van der Waals surface area (Å²) >= 11 is 1.50. The molecule has 1 unspecified atom stereocenters. The van der Waals surface area contributed by atoms with Crippen LogP contribution in [0.1, 0.15) is 44.9 Å². The van der Waals surface area contributed by atoms with Crippen LogP contribution in [0.4, 0.5) is 5.13 Å². The third-order valence-electron chi connectivity index (χ3n) is 3.35. The Labute approximate surface area is 114 Å². The van der Waals surface area contributed by atoms with Crippen LogP contribution >= 0.6 is 11.5 Å². The fourth-order valence-corrected chi connectivity index (χ4v) is 2.69. The van der Waals surface area contributed by atoms with E-state index in [-0.39, 0.29) is 0 Å². The fraction of sp³-hybridized carbons (Fsp3) is 0.846. The molecule has 1 heterocycles.